The number of aliphatic hydroxyl groups excluding tert-OH is 1. The van der Waals surface area contributed by atoms with E-state index in [1.165, 1.54) is 64.2 Å². The van der Waals surface area contributed by atoms with Gasteiger partial charge in [-0.1, -0.05) is 39.0 Å². The maximum atomic E-state index is 9.43. The van der Waals surface area contributed by atoms with Crippen LogP contribution >= 0.6 is 0 Å². The summed E-state index contributed by atoms with van der Waals surface area (Å²) in [5.41, 5.74) is 6.42. The van der Waals surface area contributed by atoms with Crippen molar-refractivity contribution >= 4 is 0 Å². The molecule has 0 aromatic carbocycles. The highest BCUT2D eigenvalue weighted by Gasteiger charge is 2.31. The topological polar surface area (TPSA) is 49.5 Å². The highest BCUT2D eigenvalue weighted by Crippen LogP contribution is 2.33. The third kappa shape index (κ3) is 5.22. The first kappa shape index (κ1) is 17.2. The summed E-state index contributed by atoms with van der Waals surface area (Å²) >= 11 is 0. The molecule has 0 heterocycles. The largest absolute Gasteiger partial charge is 0.395 e. The number of nitrogens with two attached hydrogens (primary N) is 1. The molecule has 0 radical (unpaired) electrons. The third-order valence-electron chi connectivity index (χ3n) is 5.79. The fraction of sp³-hybridized carbons (Fsp3) is 1.00. The second-order valence-electron chi connectivity index (χ2n) is 7.40. The Morgan fingerprint density at radius 1 is 1.10 bits per heavy atom. The van der Waals surface area contributed by atoms with Gasteiger partial charge in [-0.3, -0.25) is 4.90 Å². The van der Waals surface area contributed by atoms with Crippen molar-refractivity contribution in [2.24, 2.45) is 17.6 Å². The molecular weight excluding hydrogens is 260 g/mol. The van der Waals surface area contributed by atoms with E-state index in [-0.39, 0.29) is 6.61 Å². The van der Waals surface area contributed by atoms with E-state index < -0.39 is 0 Å². The summed E-state index contributed by atoms with van der Waals surface area (Å²) in [6.45, 7) is 4.54. The van der Waals surface area contributed by atoms with Gasteiger partial charge in [0.2, 0.25) is 0 Å². The Kier molecular flexibility index (Phi) is 7.48. The fourth-order valence-electron chi connectivity index (χ4n) is 4.56. The molecule has 0 saturated heterocycles. The molecule has 0 aliphatic heterocycles. The van der Waals surface area contributed by atoms with Gasteiger partial charge in [0, 0.05) is 25.2 Å². The van der Waals surface area contributed by atoms with Crippen LogP contribution in [0.2, 0.25) is 0 Å². The van der Waals surface area contributed by atoms with E-state index in [1.807, 2.05) is 0 Å². The van der Waals surface area contributed by atoms with Gasteiger partial charge in [0.25, 0.3) is 0 Å². The van der Waals surface area contributed by atoms with Gasteiger partial charge < -0.3 is 10.8 Å². The maximum Gasteiger partial charge on any atom is 0.0558 e. The smallest absolute Gasteiger partial charge is 0.0558 e. The van der Waals surface area contributed by atoms with Crippen LogP contribution in [-0.2, 0) is 0 Å². The lowest BCUT2D eigenvalue weighted by Crippen LogP contribution is -2.47. The summed E-state index contributed by atoms with van der Waals surface area (Å²) in [7, 11) is 0. The molecule has 3 atom stereocenters. The van der Waals surface area contributed by atoms with Crippen molar-refractivity contribution < 1.29 is 5.11 Å². The number of rotatable bonds is 7. The van der Waals surface area contributed by atoms with Crippen molar-refractivity contribution in [3.63, 3.8) is 0 Å². The molecule has 3 heteroatoms. The summed E-state index contributed by atoms with van der Waals surface area (Å²) in [5.74, 6) is 1.53. The van der Waals surface area contributed by atoms with Gasteiger partial charge in [-0.2, -0.15) is 0 Å². The zero-order valence-electron chi connectivity index (χ0n) is 14.0. The van der Waals surface area contributed by atoms with E-state index in [0.29, 0.717) is 18.0 Å². The lowest BCUT2D eigenvalue weighted by molar-refractivity contribution is 0.0816. The van der Waals surface area contributed by atoms with E-state index in [4.69, 9.17) is 5.73 Å². The minimum absolute atomic E-state index is 0.289. The monoisotopic (exact) mass is 296 g/mol. The molecule has 124 valence electrons. The van der Waals surface area contributed by atoms with Crippen LogP contribution in [0.15, 0.2) is 0 Å². The molecule has 0 aromatic heterocycles. The molecule has 21 heavy (non-hydrogen) atoms. The Bertz CT molecular complexity index is 278. The van der Waals surface area contributed by atoms with Crippen molar-refractivity contribution in [3.05, 3.63) is 0 Å². The normalized spacial score (nSPS) is 31.7. The number of nitrogens with zero attached hydrogens (tertiary/aromatic N) is 1. The molecule has 3 nitrogen and oxygen atoms in total. The zero-order valence-corrected chi connectivity index (χ0v) is 14.0. The quantitative estimate of drug-likeness (QED) is 0.759. The Balaban J connectivity index is 1.90. The molecule has 3 unspecified atom stereocenters. The molecular formula is C18H36N2O. The summed E-state index contributed by atoms with van der Waals surface area (Å²) in [6.07, 6.45) is 13.3. The summed E-state index contributed by atoms with van der Waals surface area (Å²) in [6, 6.07) is 1.08. The van der Waals surface area contributed by atoms with E-state index in [1.54, 1.807) is 0 Å². The highest BCUT2D eigenvalue weighted by molar-refractivity contribution is 4.86. The number of hydrogen-bond donors (Lipinski definition) is 2. The van der Waals surface area contributed by atoms with Crippen LogP contribution in [0.4, 0.5) is 0 Å². The van der Waals surface area contributed by atoms with Gasteiger partial charge in [0.05, 0.1) is 6.61 Å². The summed E-state index contributed by atoms with van der Waals surface area (Å²) < 4.78 is 0. The van der Waals surface area contributed by atoms with Crippen LogP contribution in [-0.4, -0.2) is 41.8 Å². The Hall–Kier alpha value is -0.120. The molecule has 0 aromatic rings. The lowest BCUT2D eigenvalue weighted by Gasteiger charge is -2.41. The first-order chi connectivity index (χ1) is 10.2. The van der Waals surface area contributed by atoms with Gasteiger partial charge in [0.15, 0.2) is 0 Å². The van der Waals surface area contributed by atoms with Crippen LogP contribution in [0.3, 0.4) is 0 Å². The molecule has 2 fully saturated rings. The van der Waals surface area contributed by atoms with Gasteiger partial charge >= 0.3 is 0 Å². The first-order valence-electron chi connectivity index (χ1n) is 9.35. The highest BCUT2D eigenvalue weighted by atomic mass is 16.3. The van der Waals surface area contributed by atoms with E-state index in [2.05, 4.69) is 11.8 Å². The Morgan fingerprint density at radius 2 is 1.86 bits per heavy atom. The zero-order chi connectivity index (χ0) is 15.1. The van der Waals surface area contributed by atoms with Crippen LogP contribution in [0.1, 0.15) is 71.1 Å². The minimum Gasteiger partial charge on any atom is -0.395 e. The third-order valence-corrected chi connectivity index (χ3v) is 5.79. The van der Waals surface area contributed by atoms with E-state index in [0.717, 1.165) is 19.0 Å². The van der Waals surface area contributed by atoms with Crippen molar-refractivity contribution in [2.45, 2.75) is 83.2 Å². The van der Waals surface area contributed by atoms with E-state index in [9.17, 15) is 5.11 Å². The van der Waals surface area contributed by atoms with Crippen LogP contribution in [0.5, 0.6) is 0 Å². The predicted molar refractivity (Wildman–Crippen MR) is 89.2 cm³/mol. The van der Waals surface area contributed by atoms with Crippen molar-refractivity contribution in [1.82, 2.24) is 4.90 Å². The second kappa shape index (κ2) is 9.12. The van der Waals surface area contributed by atoms with Gasteiger partial charge in [0.1, 0.15) is 0 Å². The second-order valence-corrected chi connectivity index (χ2v) is 7.40. The molecule has 2 aliphatic carbocycles. The van der Waals surface area contributed by atoms with Crippen LogP contribution in [0.25, 0.3) is 0 Å². The van der Waals surface area contributed by atoms with Gasteiger partial charge in [-0.15, -0.1) is 0 Å². The average Bonchev–Trinajstić information content (AvgIpc) is 2.51. The summed E-state index contributed by atoms with van der Waals surface area (Å²) in [4.78, 5) is 2.57. The van der Waals surface area contributed by atoms with Crippen molar-refractivity contribution in [1.29, 1.82) is 0 Å². The maximum absolute atomic E-state index is 9.43. The Labute approximate surface area is 131 Å². The van der Waals surface area contributed by atoms with E-state index >= 15 is 0 Å². The van der Waals surface area contributed by atoms with Crippen molar-refractivity contribution in [2.75, 3.05) is 19.7 Å². The van der Waals surface area contributed by atoms with Crippen LogP contribution in [0, 0.1) is 11.8 Å². The molecule has 0 spiro atoms. The average molecular weight is 296 g/mol. The minimum atomic E-state index is 0.289. The molecule has 2 aliphatic rings. The number of hydrogen-bond acceptors (Lipinski definition) is 3. The fourth-order valence-corrected chi connectivity index (χ4v) is 4.56. The lowest BCUT2D eigenvalue weighted by atomic mass is 9.76. The van der Waals surface area contributed by atoms with Crippen LogP contribution < -0.4 is 5.73 Å². The standard InChI is InChI=1S/C18H36N2O/c1-2-6-15-9-10-18(19)16(13-15)14-20(11-12-21)17-7-4-3-5-8-17/h15-18,21H,2-14,19H2,1H3. The molecule has 0 bridgehead atoms. The van der Waals surface area contributed by atoms with Gasteiger partial charge in [-0.05, 0) is 43.9 Å². The molecule has 2 rings (SSSR count). The molecule has 3 N–H and O–H groups in total. The molecule has 2 saturated carbocycles. The van der Waals surface area contributed by atoms with Gasteiger partial charge in [-0.25, -0.2) is 0 Å². The molecule has 0 amide bonds. The predicted octanol–water partition coefficient (Wildman–Crippen LogP) is 3.16. The SMILES string of the molecule is CCCC1CCC(N)C(CN(CCO)C2CCCCC2)C1. The number of aliphatic hydroxyl groups is 1. The Morgan fingerprint density at radius 3 is 2.52 bits per heavy atom. The summed E-state index contributed by atoms with van der Waals surface area (Å²) in [5, 5.41) is 9.43. The van der Waals surface area contributed by atoms with Crippen molar-refractivity contribution in [3.8, 4) is 0 Å². The first-order valence-corrected chi connectivity index (χ1v) is 9.35.